The fraction of sp³-hybridized carbons (Fsp3) is 0.600. The highest BCUT2D eigenvalue weighted by atomic mass is 14.9. The van der Waals surface area contributed by atoms with Crippen molar-refractivity contribution >= 4 is 0 Å². The summed E-state index contributed by atoms with van der Waals surface area (Å²) in [5.41, 5.74) is 5.71. The highest BCUT2D eigenvalue weighted by Crippen LogP contribution is 2.19. The monoisotopic (exact) mass is 217 g/mol. The molecule has 0 saturated heterocycles. The standard InChI is InChI=1S/C15H23N/c1-11-8-13(3)14(9-12(11)2)10-16-15-6-4-5-7-15/h8-9,15-16H,4-7,10H2,1-3H3. The van der Waals surface area contributed by atoms with Crippen molar-refractivity contribution in [2.24, 2.45) is 0 Å². The van der Waals surface area contributed by atoms with E-state index < -0.39 is 0 Å². The number of hydrogen-bond acceptors (Lipinski definition) is 1. The molecule has 0 amide bonds. The Kier molecular flexibility index (Phi) is 3.65. The molecule has 0 atom stereocenters. The first-order chi connectivity index (χ1) is 7.66. The molecule has 1 N–H and O–H groups in total. The van der Waals surface area contributed by atoms with E-state index >= 15 is 0 Å². The highest BCUT2D eigenvalue weighted by molar-refractivity contribution is 5.36. The van der Waals surface area contributed by atoms with E-state index in [0.29, 0.717) is 0 Å². The van der Waals surface area contributed by atoms with Crippen molar-refractivity contribution < 1.29 is 0 Å². The molecule has 1 saturated carbocycles. The lowest BCUT2D eigenvalue weighted by atomic mass is 10.0. The summed E-state index contributed by atoms with van der Waals surface area (Å²) in [7, 11) is 0. The fourth-order valence-electron chi connectivity index (χ4n) is 2.59. The number of aryl methyl sites for hydroxylation is 3. The van der Waals surface area contributed by atoms with Gasteiger partial charge in [-0.25, -0.2) is 0 Å². The van der Waals surface area contributed by atoms with Crippen LogP contribution in [0.5, 0.6) is 0 Å². The van der Waals surface area contributed by atoms with Gasteiger partial charge in [0.1, 0.15) is 0 Å². The number of benzene rings is 1. The molecule has 1 aliphatic rings. The largest absolute Gasteiger partial charge is 0.310 e. The average molecular weight is 217 g/mol. The second kappa shape index (κ2) is 5.01. The van der Waals surface area contributed by atoms with Crippen LogP contribution in [0, 0.1) is 20.8 Å². The quantitative estimate of drug-likeness (QED) is 0.815. The molecule has 1 aromatic carbocycles. The van der Waals surface area contributed by atoms with E-state index in [4.69, 9.17) is 0 Å². The Hall–Kier alpha value is -0.820. The summed E-state index contributed by atoms with van der Waals surface area (Å²) in [6.07, 6.45) is 5.54. The van der Waals surface area contributed by atoms with Gasteiger partial charge in [0, 0.05) is 12.6 Å². The van der Waals surface area contributed by atoms with E-state index in [1.54, 1.807) is 0 Å². The molecule has 0 heterocycles. The SMILES string of the molecule is Cc1cc(C)c(CNC2CCCC2)cc1C. The third kappa shape index (κ3) is 2.65. The summed E-state index contributed by atoms with van der Waals surface area (Å²) in [5, 5.41) is 3.69. The molecule has 0 aliphatic heterocycles. The molecule has 0 aromatic heterocycles. The minimum Gasteiger partial charge on any atom is -0.310 e. The first kappa shape index (κ1) is 11.7. The molecular weight excluding hydrogens is 194 g/mol. The van der Waals surface area contributed by atoms with Crippen LogP contribution in [0.2, 0.25) is 0 Å². The summed E-state index contributed by atoms with van der Waals surface area (Å²) >= 11 is 0. The van der Waals surface area contributed by atoms with E-state index in [9.17, 15) is 0 Å². The predicted molar refractivity (Wildman–Crippen MR) is 69.7 cm³/mol. The summed E-state index contributed by atoms with van der Waals surface area (Å²) < 4.78 is 0. The molecule has 1 fully saturated rings. The molecule has 0 radical (unpaired) electrons. The molecule has 1 aromatic rings. The van der Waals surface area contributed by atoms with Gasteiger partial charge in [0.05, 0.1) is 0 Å². The van der Waals surface area contributed by atoms with Crippen molar-refractivity contribution in [3.8, 4) is 0 Å². The molecule has 1 nitrogen and oxygen atoms in total. The Balaban J connectivity index is 2.00. The maximum absolute atomic E-state index is 3.69. The molecule has 16 heavy (non-hydrogen) atoms. The minimum atomic E-state index is 0.765. The molecule has 0 unspecified atom stereocenters. The van der Waals surface area contributed by atoms with Crippen LogP contribution in [0.4, 0.5) is 0 Å². The van der Waals surface area contributed by atoms with Gasteiger partial charge in [-0.1, -0.05) is 25.0 Å². The molecule has 0 spiro atoms. The summed E-state index contributed by atoms with van der Waals surface area (Å²) in [4.78, 5) is 0. The number of nitrogens with one attached hydrogen (secondary N) is 1. The predicted octanol–water partition coefficient (Wildman–Crippen LogP) is 3.64. The van der Waals surface area contributed by atoms with Crippen LogP contribution in [0.15, 0.2) is 12.1 Å². The lowest BCUT2D eigenvalue weighted by Crippen LogP contribution is -2.25. The van der Waals surface area contributed by atoms with Gasteiger partial charge in [0.25, 0.3) is 0 Å². The van der Waals surface area contributed by atoms with E-state index in [0.717, 1.165) is 12.6 Å². The van der Waals surface area contributed by atoms with E-state index in [1.165, 1.54) is 47.9 Å². The maximum atomic E-state index is 3.69. The zero-order chi connectivity index (χ0) is 11.5. The molecule has 1 heteroatoms. The summed E-state index contributed by atoms with van der Waals surface area (Å²) in [6.45, 7) is 7.65. The van der Waals surface area contributed by atoms with Crippen LogP contribution in [-0.2, 0) is 6.54 Å². The average Bonchev–Trinajstić information content (AvgIpc) is 2.74. The highest BCUT2D eigenvalue weighted by Gasteiger charge is 2.14. The van der Waals surface area contributed by atoms with Crippen LogP contribution in [0.1, 0.15) is 47.9 Å². The van der Waals surface area contributed by atoms with Crippen molar-refractivity contribution in [3.63, 3.8) is 0 Å². The van der Waals surface area contributed by atoms with Crippen molar-refractivity contribution in [2.75, 3.05) is 0 Å². The second-order valence-corrected chi connectivity index (χ2v) is 5.23. The Morgan fingerprint density at radius 2 is 1.62 bits per heavy atom. The number of rotatable bonds is 3. The number of hydrogen-bond donors (Lipinski definition) is 1. The molecule has 1 aliphatic carbocycles. The Morgan fingerprint density at radius 3 is 2.31 bits per heavy atom. The van der Waals surface area contributed by atoms with Gasteiger partial charge < -0.3 is 5.32 Å². The van der Waals surface area contributed by atoms with E-state index in [-0.39, 0.29) is 0 Å². The maximum Gasteiger partial charge on any atom is 0.0210 e. The van der Waals surface area contributed by atoms with Crippen molar-refractivity contribution in [1.29, 1.82) is 0 Å². The molecule has 0 bridgehead atoms. The Morgan fingerprint density at radius 1 is 1.00 bits per heavy atom. The van der Waals surface area contributed by atoms with Crippen LogP contribution in [-0.4, -0.2) is 6.04 Å². The van der Waals surface area contributed by atoms with Gasteiger partial charge in [-0.3, -0.25) is 0 Å². The third-order valence-corrected chi connectivity index (χ3v) is 3.89. The van der Waals surface area contributed by atoms with Crippen molar-refractivity contribution in [1.82, 2.24) is 5.32 Å². The minimum absolute atomic E-state index is 0.765. The van der Waals surface area contributed by atoms with Crippen LogP contribution in [0.25, 0.3) is 0 Å². The smallest absolute Gasteiger partial charge is 0.0210 e. The fourth-order valence-corrected chi connectivity index (χ4v) is 2.59. The zero-order valence-corrected chi connectivity index (χ0v) is 10.8. The van der Waals surface area contributed by atoms with Gasteiger partial charge in [0.2, 0.25) is 0 Å². The zero-order valence-electron chi connectivity index (χ0n) is 10.8. The van der Waals surface area contributed by atoms with E-state index in [2.05, 4.69) is 38.2 Å². The third-order valence-electron chi connectivity index (χ3n) is 3.89. The van der Waals surface area contributed by atoms with Crippen LogP contribution >= 0.6 is 0 Å². The van der Waals surface area contributed by atoms with Gasteiger partial charge in [-0.15, -0.1) is 0 Å². The van der Waals surface area contributed by atoms with Crippen LogP contribution in [0.3, 0.4) is 0 Å². The molecule has 88 valence electrons. The van der Waals surface area contributed by atoms with Gasteiger partial charge >= 0.3 is 0 Å². The summed E-state index contributed by atoms with van der Waals surface area (Å²) in [5.74, 6) is 0. The van der Waals surface area contributed by atoms with Gasteiger partial charge in [-0.2, -0.15) is 0 Å². The first-order valence-corrected chi connectivity index (χ1v) is 6.47. The molecular formula is C15H23N. The summed E-state index contributed by atoms with van der Waals surface area (Å²) in [6, 6.07) is 5.41. The Labute approximate surface area is 99.3 Å². The van der Waals surface area contributed by atoms with Gasteiger partial charge in [-0.05, 0) is 55.9 Å². The first-order valence-electron chi connectivity index (χ1n) is 6.47. The lowest BCUT2D eigenvalue weighted by Gasteiger charge is -2.14. The van der Waals surface area contributed by atoms with E-state index in [1.807, 2.05) is 0 Å². The van der Waals surface area contributed by atoms with Crippen molar-refractivity contribution in [3.05, 3.63) is 34.4 Å². The normalized spacial score (nSPS) is 16.9. The van der Waals surface area contributed by atoms with Gasteiger partial charge in [0.15, 0.2) is 0 Å². The van der Waals surface area contributed by atoms with Crippen LogP contribution < -0.4 is 5.32 Å². The molecule has 2 rings (SSSR count). The topological polar surface area (TPSA) is 12.0 Å². The lowest BCUT2D eigenvalue weighted by molar-refractivity contribution is 0.523. The van der Waals surface area contributed by atoms with Crippen molar-refractivity contribution in [2.45, 2.75) is 59.0 Å². The Bertz CT molecular complexity index is 362. The second-order valence-electron chi connectivity index (χ2n) is 5.23.